The molecule has 0 radical (unpaired) electrons. The molecule has 0 saturated carbocycles. The van der Waals surface area contributed by atoms with Crippen LogP contribution in [0.15, 0.2) is 42.5 Å². The molecule has 2 aliphatic heterocycles. The van der Waals surface area contributed by atoms with Gasteiger partial charge in [-0.3, -0.25) is 0 Å². The summed E-state index contributed by atoms with van der Waals surface area (Å²) in [5.41, 5.74) is 3.39. The van der Waals surface area contributed by atoms with Crippen molar-refractivity contribution in [1.29, 1.82) is 0 Å². The fourth-order valence-corrected chi connectivity index (χ4v) is 3.67. The van der Waals surface area contributed by atoms with Crippen molar-refractivity contribution in [2.75, 3.05) is 31.8 Å². The van der Waals surface area contributed by atoms with E-state index in [2.05, 4.69) is 34.5 Å². The summed E-state index contributed by atoms with van der Waals surface area (Å²) in [5, 5.41) is 2.96. The first kappa shape index (κ1) is 18.5. The molecule has 0 aromatic heterocycles. The highest BCUT2D eigenvalue weighted by atomic mass is 16.7. The van der Waals surface area contributed by atoms with Crippen molar-refractivity contribution in [3.8, 4) is 11.5 Å². The van der Waals surface area contributed by atoms with Crippen molar-refractivity contribution in [2.24, 2.45) is 0 Å². The van der Waals surface area contributed by atoms with Gasteiger partial charge in [0.1, 0.15) is 0 Å². The second kappa shape index (κ2) is 8.42. The van der Waals surface area contributed by atoms with Gasteiger partial charge in [0.15, 0.2) is 11.5 Å². The quantitative estimate of drug-likeness (QED) is 0.857. The monoisotopic (exact) mass is 381 g/mol. The Morgan fingerprint density at radius 2 is 1.71 bits per heavy atom. The maximum atomic E-state index is 12.4. The number of hydrogen-bond acceptors (Lipinski definition) is 4. The van der Waals surface area contributed by atoms with E-state index in [-0.39, 0.29) is 12.8 Å². The van der Waals surface area contributed by atoms with Crippen molar-refractivity contribution in [1.82, 2.24) is 10.2 Å². The molecule has 2 aromatic rings. The van der Waals surface area contributed by atoms with Gasteiger partial charge in [0, 0.05) is 38.9 Å². The third-order valence-electron chi connectivity index (χ3n) is 5.30. The summed E-state index contributed by atoms with van der Waals surface area (Å²) < 4.78 is 10.7. The van der Waals surface area contributed by atoms with Crippen molar-refractivity contribution in [2.45, 2.75) is 32.4 Å². The topological polar surface area (TPSA) is 54.0 Å². The number of nitrogens with one attached hydrogen (secondary N) is 1. The van der Waals surface area contributed by atoms with E-state index in [0.717, 1.165) is 35.7 Å². The van der Waals surface area contributed by atoms with Crippen LogP contribution in [-0.4, -0.2) is 37.9 Å². The molecule has 148 valence electrons. The standard InChI is InChI=1S/C22H27N3O3/c1-24(15-17-5-8-19(9-6-17)25-11-3-2-4-12-25)22(26)23-14-18-7-10-20-21(13-18)28-16-27-20/h5-10,13H,2-4,11-12,14-16H2,1H3,(H,23,26). The van der Waals surface area contributed by atoms with Crippen molar-refractivity contribution < 1.29 is 14.3 Å². The Balaban J connectivity index is 1.28. The Morgan fingerprint density at radius 1 is 1.00 bits per heavy atom. The minimum Gasteiger partial charge on any atom is -0.454 e. The summed E-state index contributed by atoms with van der Waals surface area (Å²) in [4.78, 5) is 16.6. The van der Waals surface area contributed by atoms with Crippen LogP contribution in [0.3, 0.4) is 0 Å². The van der Waals surface area contributed by atoms with Gasteiger partial charge in [0.05, 0.1) is 0 Å². The molecule has 0 atom stereocenters. The van der Waals surface area contributed by atoms with Crippen LogP contribution in [0.2, 0.25) is 0 Å². The molecular weight excluding hydrogens is 354 g/mol. The molecule has 0 spiro atoms. The Bertz CT molecular complexity index is 816. The summed E-state index contributed by atoms with van der Waals surface area (Å²) in [6.07, 6.45) is 3.88. The van der Waals surface area contributed by atoms with E-state index in [0.29, 0.717) is 13.1 Å². The van der Waals surface area contributed by atoms with Crippen LogP contribution in [0.4, 0.5) is 10.5 Å². The first-order chi connectivity index (χ1) is 13.7. The number of piperidine rings is 1. The zero-order valence-electron chi connectivity index (χ0n) is 16.3. The zero-order chi connectivity index (χ0) is 19.3. The van der Waals surface area contributed by atoms with E-state index < -0.39 is 0 Å². The van der Waals surface area contributed by atoms with Gasteiger partial charge in [0.25, 0.3) is 0 Å². The third-order valence-corrected chi connectivity index (χ3v) is 5.30. The molecule has 2 amide bonds. The molecule has 0 aliphatic carbocycles. The van der Waals surface area contributed by atoms with Gasteiger partial charge < -0.3 is 24.6 Å². The Labute approximate surface area is 166 Å². The Morgan fingerprint density at radius 3 is 2.50 bits per heavy atom. The molecule has 0 unspecified atom stereocenters. The summed E-state index contributed by atoms with van der Waals surface area (Å²) in [7, 11) is 1.81. The number of urea groups is 1. The second-order valence-corrected chi connectivity index (χ2v) is 7.42. The molecular formula is C22H27N3O3. The van der Waals surface area contributed by atoms with E-state index in [1.165, 1.54) is 24.9 Å². The molecule has 6 nitrogen and oxygen atoms in total. The van der Waals surface area contributed by atoms with Gasteiger partial charge in [-0.2, -0.15) is 0 Å². The van der Waals surface area contributed by atoms with Crippen LogP contribution in [-0.2, 0) is 13.1 Å². The van der Waals surface area contributed by atoms with Gasteiger partial charge in [-0.05, 0) is 54.7 Å². The van der Waals surface area contributed by atoms with E-state index in [1.54, 1.807) is 4.90 Å². The van der Waals surface area contributed by atoms with Crippen LogP contribution in [0.25, 0.3) is 0 Å². The van der Waals surface area contributed by atoms with E-state index in [1.807, 2.05) is 25.2 Å². The number of rotatable bonds is 5. The highest BCUT2D eigenvalue weighted by Crippen LogP contribution is 2.32. The minimum absolute atomic E-state index is 0.0993. The van der Waals surface area contributed by atoms with Crippen molar-refractivity contribution in [3.05, 3.63) is 53.6 Å². The number of carbonyl (C=O) groups is 1. The highest BCUT2D eigenvalue weighted by molar-refractivity contribution is 5.74. The van der Waals surface area contributed by atoms with Gasteiger partial charge in [-0.1, -0.05) is 18.2 Å². The highest BCUT2D eigenvalue weighted by Gasteiger charge is 2.15. The predicted octanol–water partition coefficient (Wildman–Crippen LogP) is 3.75. The minimum atomic E-state index is -0.0993. The van der Waals surface area contributed by atoms with Gasteiger partial charge in [-0.25, -0.2) is 4.79 Å². The lowest BCUT2D eigenvalue weighted by Crippen LogP contribution is -2.36. The summed E-state index contributed by atoms with van der Waals surface area (Å²) >= 11 is 0. The third kappa shape index (κ3) is 4.32. The van der Waals surface area contributed by atoms with Crippen LogP contribution in [0.5, 0.6) is 11.5 Å². The lowest BCUT2D eigenvalue weighted by Gasteiger charge is -2.29. The average molecular weight is 381 g/mol. The van der Waals surface area contributed by atoms with Crippen molar-refractivity contribution in [3.63, 3.8) is 0 Å². The summed E-state index contributed by atoms with van der Waals surface area (Å²) in [6.45, 7) is 3.56. The molecule has 2 aromatic carbocycles. The van der Waals surface area contributed by atoms with Crippen LogP contribution >= 0.6 is 0 Å². The number of hydrogen-bond donors (Lipinski definition) is 1. The zero-order valence-corrected chi connectivity index (χ0v) is 16.3. The molecule has 2 aliphatic rings. The van der Waals surface area contributed by atoms with Gasteiger partial charge in [0.2, 0.25) is 6.79 Å². The average Bonchev–Trinajstić information content (AvgIpc) is 3.21. The number of carbonyl (C=O) groups excluding carboxylic acids is 1. The normalized spacial score (nSPS) is 15.4. The van der Waals surface area contributed by atoms with Crippen LogP contribution in [0.1, 0.15) is 30.4 Å². The maximum Gasteiger partial charge on any atom is 0.317 e. The van der Waals surface area contributed by atoms with E-state index in [4.69, 9.17) is 9.47 Å². The van der Waals surface area contributed by atoms with Gasteiger partial charge in [-0.15, -0.1) is 0 Å². The molecule has 1 N–H and O–H groups in total. The largest absolute Gasteiger partial charge is 0.454 e. The maximum absolute atomic E-state index is 12.4. The molecule has 1 saturated heterocycles. The number of ether oxygens (including phenoxy) is 2. The van der Waals surface area contributed by atoms with Crippen LogP contribution in [0, 0.1) is 0 Å². The summed E-state index contributed by atoms with van der Waals surface area (Å²) in [5.74, 6) is 1.48. The number of nitrogens with zero attached hydrogens (tertiary/aromatic N) is 2. The van der Waals surface area contributed by atoms with E-state index in [9.17, 15) is 4.79 Å². The lowest BCUT2D eigenvalue weighted by atomic mass is 10.1. The fraction of sp³-hybridized carbons (Fsp3) is 0.409. The molecule has 28 heavy (non-hydrogen) atoms. The number of amides is 2. The molecule has 2 heterocycles. The second-order valence-electron chi connectivity index (χ2n) is 7.42. The molecule has 6 heteroatoms. The first-order valence-corrected chi connectivity index (χ1v) is 9.90. The lowest BCUT2D eigenvalue weighted by molar-refractivity contribution is 0.174. The number of fused-ring (bicyclic) bond motifs is 1. The van der Waals surface area contributed by atoms with Crippen molar-refractivity contribution >= 4 is 11.7 Å². The molecule has 1 fully saturated rings. The SMILES string of the molecule is CN(Cc1ccc(N2CCCCC2)cc1)C(=O)NCc1ccc2c(c1)OCO2. The van der Waals surface area contributed by atoms with Crippen LogP contribution < -0.4 is 19.7 Å². The molecule has 4 rings (SSSR count). The smallest absolute Gasteiger partial charge is 0.317 e. The van der Waals surface area contributed by atoms with Gasteiger partial charge >= 0.3 is 6.03 Å². The fourth-order valence-electron chi connectivity index (χ4n) is 3.67. The Hall–Kier alpha value is -2.89. The Kier molecular flexibility index (Phi) is 5.55. The first-order valence-electron chi connectivity index (χ1n) is 9.90. The molecule has 0 bridgehead atoms. The number of anilines is 1. The predicted molar refractivity (Wildman–Crippen MR) is 109 cm³/mol. The summed E-state index contributed by atoms with van der Waals surface area (Å²) in [6, 6.07) is 14.2. The van der Waals surface area contributed by atoms with E-state index >= 15 is 0 Å². The number of benzene rings is 2.